The molecule has 0 spiro atoms. The van der Waals surface area contributed by atoms with Crippen molar-refractivity contribution in [1.82, 2.24) is 4.90 Å². The SMILES string of the molecule is CC(Oc1ccc(Cl)c(Cl)c1)C(=O)N1CCCC1C(=O)O. The smallest absolute Gasteiger partial charge is 0.326 e. The van der Waals surface area contributed by atoms with E-state index in [1.807, 2.05) is 0 Å². The minimum absolute atomic E-state index is 0.332. The summed E-state index contributed by atoms with van der Waals surface area (Å²) in [5, 5.41) is 9.83. The molecule has 2 rings (SSSR count). The molecule has 2 unspecified atom stereocenters. The molecule has 1 aromatic rings. The molecule has 2 atom stereocenters. The predicted octanol–water partition coefficient (Wildman–Crippen LogP) is 2.84. The van der Waals surface area contributed by atoms with E-state index in [4.69, 9.17) is 33.0 Å². The van der Waals surface area contributed by atoms with E-state index in [-0.39, 0.29) is 5.91 Å². The molecule has 21 heavy (non-hydrogen) atoms. The van der Waals surface area contributed by atoms with Gasteiger partial charge in [-0.05, 0) is 31.9 Å². The van der Waals surface area contributed by atoms with Crippen LogP contribution in [0.15, 0.2) is 18.2 Å². The van der Waals surface area contributed by atoms with Gasteiger partial charge in [-0.3, -0.25) is 4.79 Å². The monoisotopic (exact) mass is 331 g/mol. The number of hydrogen-bond acceptors (Lipinski definition) is 3. The average molecular weight is 332 g/mol. The molecule has 1 aromatic carbocycles. The molecule has 1 heterocycles. The number of halogens is 2. The zero-order valence-corrected chi connectivity index (χ0v) is 12.9. The van der Waals surface area contributed by atoms with E-state index >= 15 is 0 Å². The maximum Gasteiger partial charge on any atom is 0.326 e. The minimum Gasteiger partial charge on any atom is -0.481 e. The third kappa shape index (κ3) is 3.60. The Kier molecular flexibility index (Phi) is 4.96. The Hall–Kier alpha value is -1.46. The van der Waals surface area contributed by atoms with Gasteiger partial charge < -0.3 is 14.7 Å². The molecule has 1 amide bonds. The molecule has 5 nitrogen and oxygen atoms in total. The fourth-order valence-corrected chi connectivity index (χ4v) is 2.61. The zero-order valence-electron chi connectivity index (χ0n) is 11.4. The molecular weight excluding hydrogens is 317 g/mol. The molecule has 1 aliphatic rings. The van der Waals surface area contributed by atoms with Gasteiger partial charge in [-0.1, -0.05) is 23.2 Å². The van der Waals surface area contributed by atoms with Crippen LogP contribution in [0.2, 0.25) is 10.0 Å². The molecule has 7 heteroatoms. The van der Waals surface area contributed by atoms with Crippen LogP contribution in [0.3, 0.4) is 0 Å². The molecule has 1 aliphatic heterocycles. The van der Waals surface area contributed by atoms with Crippen LogP contribution in [-0.4, -0.2) is 40.6 Å². The number of carboxylic acids is 1. The van der Waals surface area contributed by atoms with Gasteiger partial charge >= 0.3 is 5.97 Å². The lowest BCUT2D eigenvalue weighted by Gasteiger charge is -2.25. The van der Waals surface area contributed by atoms with E-state index in [2.05, 4.69) is 0 Å². The molecule has 1 fully saturated rings. The lowest BCUT2D eigenvalue weighted by molar-refractivity contribution is -0.150. The van der Waals surface area contributed by atoms with Gasteiger partial charge in [0.25, 0.3) is 5.91 Å². The second-order valence-electron chi connectivity index (χ2n) is 4.86. The minimum atomic E-state index is -0.984. The second-order valence-corrected chi connectivity index (χ2v) is 5.68. The summed E-state index contributed by atoms with van der Waals surface area (Å²) >= 11 is 11.7. The van der Waals surface area contributed by atoms with Gasteiger partial charge in [0.2, 0.25) is 0 Å². The standard InChI is InChI=1S/C14H15Cl2NO4/c1-8(21-9-4-5-10(15)11(16)7-9)13(18)17-6-2-3-12(17)14(19)20/h4-5,7-8,12H,2-3,6H2,1H3,(H,19,20). The van der Waals surface area contributed by atoms with Crippen molar-refractivity contribution in [2.45, 2.75) is 31.9 Å². The number of benzene rings is 1. The topological polar surface area (TPSA) is 66.8 Å². The first-order valence-corrected chi connectivity index (χ1v) is 7.30. The number of ether oxygens (including phenoxy) is 1. The summed E-state index contributed by atoms with van der Waals surface area (Å²) < 4.78 is 5.53. The number of carbonyl (C=O) groups excluding carboxylic acids is 1. The Morgan fingerprint density at radius 1 is 1.38 bits per heavy atom. The summed E-state index contributed by atoms with van der Waals surface area (Å²) in [6.45, 7) is 2.02. The summed E-state index contributed by atoms with van der Waals surface area (Å²) in [4.78, 5) is 24.8. The zero-order chi connectivity index (χ0) is 15.6. The van der Waals surface area contributed by atoms with E-state index in [1.165, 1.54) is 11.0 Å². The summed E-state index contributed by atoms with van der Waals surface area (Å²) in [7, 11) is 0. The molecular formula is C14H15Cl2NO4. The Balaban J connectivity index is 2.05. The maximum atomic E-state index is 12.3. The Bertz CT molecular complexity index is 564. The van der Waals surface area contributed by atoms with Gasteiger partial charge in [-0.15, -0.1) is 0 Å². The van der Waals surface area contributed by atoms with E-state index in [0.29, 0.717) is 35.2 Å². The predicted molar refractivity (Wildman–Crippen MR) is 78.9 cm³/mol. The highest BCUT2D eigenvalue weighted by Crippen LogP contribution is 2.27. The van der Waals surface area contributed by atoms with Crippen molar-refractivity contribution in [3.05, 3.63) is 28.2 Å². The number of aliphatic carboxylic acids is 1. The van der Waals surface area contributed by atoms with Crippen LogP contribution in [0, 0.1) is 0 Å². The molecule has 1 N–H and O–H groups in total. The highest BCUT2D eigenvalue weighted by atomic mass is 35.5. The van der Waals surface area contributed by atoms with Crippen LogP contribution in [0.1, 0.15) is 19.8 Å². The van der Waals surface area contributed by atoms with Crippen LogP contribution in [0.5, 0.6) is 5.75 Å². The molecule has 114 valence electrons. The first kappa shape index (κ1) is 15.9. The number of carboxylic acid groups (broad SMARTS) is 1. The molecule has 0 aliphatic carbocycles. The Morgan fingerprint density at radius 2 is 2.10 bits per heavy atom. The summed E-state index contributed by atoms with van der Waals surface area (Å²) in [6.07, 6.45) is 0.366. The summed E-state index contributed by atoms with van der Waals surface area (Å²) in [5.41, 5.74) is 0. The van der Waals surface area contributed by atoms with Crippen molar-refractivity contribution < 1.29 is 19.4 Å². The Labute approximate surface area is 132 Å². The van der Waals surface area contributed by atoms with Crippen molar-refractivity contribution in [2.24, 2.45) is 0 Å². The van der Waals surface area contributed by atoms with Crippen molar-refractivity contribution in [3.8, 4) is 5.75 Å². The number of amides is 1. The van der Waals surface area contributed by atoms with Gasteiger partial charge in [0.1, 0.15) is 11.8 Å². The fourth-order valence-electron chi connectivity index (χ4n) is 2.33. The lowest BCUT2D eigenvalue weighted by atomic mass is 10.2. The number of nitrogens with zero attached hydrogens (tertiary/aromatic N) is 1. The summed E-state index contributed by atoms with van der Waals surface area (Å²) in [6, 6.07) is 3.94. The van der Waals surface area contributed by atoms with Crippen LogP contribution in [-0.2, 0) is 9.59 Å². The van der Waals surface area contributed by atoms with Gasteiger partial charge in [0.05, 0.1) is 10.0 Å². The van der Waals surface area contributed by atoms with E-state index in [0.717, 1.165) is 0 Å². The van der Waals surface area contributed by atoms with E-state index in [9.17, 15) is 9.59 Å². The largest absolute Gasteiger partial charge is 0.481 e. The maximum absolute atomic E-state index is 12.3. The summed E-state index contributed by atoms with van der Waals surface area (Å²) in [5.74, 6) is -0.912. The Morgan fingerprint density at radius 3 is 2.71 bits per heavy atom. The van der Waals surface area contributed by atoms with Gasteiger partial charge in [0.15, 0.2) is 6.10 Å². The number of hydrogen-bond donors (Lipinski definition) is 1. The highest BCUT2D eigenvalue weighted by molar-refractivity contribution is 6.42. The van der Waals surface area contributed by atoms with E-state index < -0.39 is 18.1 Å². The first-order valence-electron chi connectivity index (χ1n) is 6.55. The van der Waals surface area contributed by atoms with Crippen LogP contribution in [0.4, 0.5) is 0 Å². The third-order valence-corrected chi connectivity index (χ3v) is 4.11. The van der Waals surface area contributed by atoms with Crippen molar-refractivity contribution in [3.63, 3.8) is 0 Å². The third-order valence-electron chi connectivity index (χ3n) is 3.37. The highest BCUT2D eigenvalue weighted by Gasteiger charge is 2.36. The fraction of sp³-hybridized carbons (Fsp3) is 0.429. The molecule has 0 bridgehead atoms. The normalized spacial score (nSPS) is 19.4. The van der Waals surface area contributed by atoms with Gasteiger partial charge in [-0.25, -0.2) is 4.79 Å². The molecule has 0 aromatic heterocycles. The van der Waals surface area contributed by atoms with Crippen LogP contribution in [0.25, 0.3) is 0 Å². The number of likely N-dealkylation sites (tertiary alicyclic amines) is 1. The quantitative estimate of drug-likeness (QED) is 0.921. The van der Waals surface area contributed by atoms with Crippen molar-refractivity contribution >= 4 is 35.1 Å². The molecule has 0 radical (unpaired) electrons. The molecule has 1 saturated heterocycles. The molecule has 0 saturated carbocycles. The second kappa shape index (κ2) is 6.54. The van der Waals surface area contributed by atoms with Crippen molar-refractivity contribution in [1.29, 1.82) is 0 Å². The lowest BCUT2D eigenvalue weighted by Crippen LogP contribution is -2.46. The number of rotatable bonds is 4. The van der Waals surface area contributed by atoms with Crippen LogP contribution >= 0.6 is 23.2 Å². The first-order chi connectivity index (χ1) is 9.90. The van der Waals surface area contributed by atoms with Gasteiger partial charge in [-0.2, -0.15) is 0 Å². The van der Waals surface area contributed by atoms with E-state index in [1.54, 1.807) is 19.1 Å². The van der Waals surface area contributed by atoms with Crippen molar-refractivity contribution in [2.75, 3.05) is 6.54 Å². The number of carbonyl (C=O) groups is 2. The van der Waals surface area contributed by atoms with Crippen LogP contribution < -0.4 is 4.74 Å². The van der Waals surface area contributed by atoms with Gasteiger partial charge in [0, 0.05) is 12.6 Å². The average Bonchev–Trinajstić information content (AvgIpc) is 2.91.